The van der Waals surface area contributed by atoms with Crippen LogP contribution in [0.3, 0.4) is 0 Å². The van der Waals surface area contributed by atoms with E-state index in [2.05, 4.69) is 56.3 Å². The fourth-order valence-corrected chi connectivity index (χ4v) is 3.63. The Kier molecular flexibility index (Phi) is 4.26. The highest BCUT2D eigenvalue weighted by molar-refractivity contribution is 6.00. The number of aromatic amines is 1. The summed E-state index contributed by atoms with van der Waals surface area (Å²) in [5.74, 6) is 0.552. The van der Waals surface area contributed by atoms with Gasteiger partial charge in [-0.25, -0.2) is 0 Å². The van der Waals surface area contributed by atoms with Gasteiger partial charge in [0.15, 0.2) is 5.82 Å². The molecule has 0 bridgehead atoms. The molecule has 0 saturated carbocycles. The first-order valence-electron chi connectivity index (χ1n) is 9.46. The lowest BCUT2D eigenvalue weighted by Crippen LogP contribution is -1.90. The standard InChI is InChI=1S/C24H19N5/c1-29-21-15-9-8-14-19(21)23(24(29)18-12-6-3-7-13-18)28-27-22-16-20(25-26-22)17-10-4-2-5-11-17/h2-16H,1H3,(H,25,26). The maximum atomic E-state index is 4.63. The van der Waals surface area contributed by atoms with E-state index in [0.717, 1.165) is 39.1 Å². The quantitative estimate of drug-likeness (QED) is 0.350. The lowest BCUT2D eigenvalue weighted by Gasteiger charge is -2.05. The molecule has 0 radical (unpaired) electrons. The Balaban J connectivity index is 1.60. The topological polar surface area (TPSA) is 58.3 Å². The molecule has 0 saturated heterocycles. The Bertz CT molecular complexity index is 1300. The van der Waals surface area contributed by atoms with E-state index in [4.69, 9.17) is 0 Å². The van der Waals surface area contributed by atoms with Crippen molar-refractivity contribution in [2.24, 2.45) is 17.3 Å². The van der Waals surface area contributed by atoms with Crippen LogP contribution in [0.2, 0.25) is 0 Å². The predicted octanol–water partition coefficient (Wildman–Crippen LogP) is 6.65. The zero-order valence-corrected chi connectivity index (χ0v) is 15.9. The van der Waals surface area contributed by atoms with Crippen LogP contribution >= 0.6 is 0 Å². The van der Waals surface area contributed by atoms with Crippen molar-refractivity contribution in [2.45, 2.75) is 0 Å². The molecule has 0 spiro atoms. The van der Waals surface area contributed by atoms with Gasteiger partial charge in [-0.05, 0) is 11.6 Å². The van der Waals surface area contributed by atoms with E-state index in [-0.39, 0.29) is 0 Å². The van der Waals surface area contributed by atoms with Crippen LogP contribution in [-0.4, -0.2) is 14.8 Å². The number of nitrogens with one attached hydrogen (secondary N) is 1. The van der Waals surface area contributed by atoms with Crippen molar-refractivity contribution < 1.29 is 0 Å². The Labute approximate surface area is 168 Å². The molecule has 5 heteroatoms. The molecule has 1 N–H and O–H groups in total. The first-order chi connectivity index (χ1) is 14.3. The van der Waals surface area contributed by atoms with Crippen molar-refractivity contribution in [3.05, 3.63) is 91.0 Å². The van der Waals surface area contributed by atoms with Crippen molar-refractivity contribution >= 4 is 22.4 Å². The Morgan fingerprint density at radius 3 is 2.17 bits per heavy atom. The number of benzene rings is 3. The first-order valence-corrected chi connectivity index (χ1v) is 9.46. The number of aryl methyl sites for hydroxylation is 1. The summed E-state index contributed by atoms with van der Waals surface area (Å²) in [5, 5.41) is 17.5. The first kappa shape index (κ1) is 17.1. The molecular formula is C24H19N5. The van der Waals surface area contributed by atoms with Crippen molar-refractivity contribution in [2.75, 3.05) is 0 Å². The number of para-hydroxylation sites is 1. The van der Waals surface area contributed by atoms with E-state index in [9.17, 15) is 0 Å². The molecule has 0 amide bonds. The molecule has 140 valence electrons. The summed E-state index contributed by atoms with van der Waals surface area (Å²) < 4.78 is 2.17. The number of aromatic nitrogens is 3. The number of fused-ring (bicyclic) bond motifs is 1. The smallest absolute Gasteiger partial charge is 0.196 e. The van der Waals surface area contributed by atoms with Gasteiger partial charge in [0.1, 0.15) is 5.69 Å². The molecule has 5 nitrogen and oxygen atoms in total. The third-order valence-corrected chi connectivity index (χ3v) is 5.03. The van der Waals surface area contributed by atoms with E-state index in [1.54, 1.807) is 0 Å². The van der Waals surface area contributed by atoms with Gasteiger partial charge in [-0.15, -0.1) is 10.2 Å². The van der Waals surface area contributed by atoms with Crippen LogP contribution in [0.1, 0.15) is 0 Å². The van der Waals surface area contributed by atoms with Crippen molar-refractivity contribution in [3.63, 3.8) is 0 Å². The average molecular weight is 377 g/mol. The fraction of sp³-hybridized carbons (Fsp3) is 0.0417. The van der Waals surface area contributed by atoms with Gasteiger partial charge in [-0.2, -0.15) is 5.10 Å². The van der Waals surface area contributed by atoms with Crippen molar-refractivity contribution in [1.29, 1.82) is 0 Å². The molecule has 0 unspecified atom stereocenters. The largest absolute Gasteiger partial charge is 0.342 e. The van der Waals surface area contributed by atoms with E-state index >= 15 is 0 Å². The fourth-order valence-electron chi connectivity index (χ4n) is 3.63. The van der Waals surface area contributed by atoms with Gasteiger partial charge in [-0.3, -0.25) is 5.10 Å². The minimum atomic E-state index is 0.552. The Hall–Kier alpha value is -3.99. The molecule has 0 aliphatic carbocycles. The number of hydrogen-bond acceptors (Lipinski definition) is 3. The van der Waals surface area contributed by atoms with Crippen LogP contribution in [-0.2, 0) is 7.05 Å². The molecule has 2 heterocycles. The number of H-pyrrole nitrogens is 1. The van der Waals surface area contributed by atoms with Crippen LogP contribution in [0.15, 0.2) is 101 Å². The third kappa shape index (κ3) is 3.12. The van der Waals surface area contributed by atoms with E-state index in [1.165, 1.54) is 0 Å². The summed E-state index contributed by atoms with van der Waals surface area (Å²) in [6, 6.07) is 30.5. The van der Waals surface area contributed by atoms with Gasteiger partial charge >= 0.3 is 0 Å². The summed E-state index contributed by atoms with van der Waals surface area (Å²) in [6.07, 6.45) is 0. The van der Waals surface area contributed by atoms with Crippen LogP contribution in [0.25, 0.3) is 33.4 Å². The molecule has 5 rings (SSSR count). The minimum absolute atomic E-state index is 0.552. The zero-order valence-electron chi connectivity index (χ0n) is 15.9. The lowest BCUT2D eigenvalue weighted by molar-refractivity contribution is 0.975. The molecule has 0 aliphatic heterocycles. The second kappa shape index (κ2) is 7.20. The van der Waals surface area contributed by atoms with Gasteiger partial charge in [0, 0.05) is 24.1 Å². The number of hydrogen-bond donors (Lipinski definition) is 1. The molecule has 0 fully saturated rings. The second-order valence-electron chi connectivity index (χ2n) is 6.85. The highest BCUT2D eigenvalue weighted by Crippen LogP contribution is 2.40. The molecule has 5 aromatic rings. The molecule has 29 heavy (non-hydrogen) atoms. The predicted molar refractivity (Wildman–Crippen MR) is 117 cm³/mol. The average Bonchev–Trinajstić information content (AvgIpc) is 3.37. The molecular weight excluding hydrogens is 358 g/mol. The second-order valence-corrected chi connectivity index (χ2v) is 6.85. The number of azo groups is 1. The summed E-state index contributed by atoms with van der Waals surface area (Å²) in [7, 11) is 2.06. The zero-order chi connectivity index (χ0) is 19.6. The highest BCUT2D eigenvalue weighted by Gasteiger charge is 2.16. The minimum Gasteiger partial charge on any atom is -0.342 e. The van der Waals surface area contributed by atoms with Crippen molar-refractivity contribution in [1.82, 2.24) is 14.8 Å². The Morgan fingerprint density at radius 2 is 1.41 bits per heavy atom. The summed E-state index contributed by atoms with van der Waals surface area (Å²) in [6.45, 7) is 0. The Morgan fingerprint density at radius 1 is 0.759 bits per heavy atom. The summed E-state index contributed by atoms with van der Waals surface area (Å²) >= 11 is 0. The van der Waals surface area contributed by atoms with Crippen LogP contribution in [0.4, 0.5) is 11.5 Å². The van der Waals surface area contributed by atoms with Gasteiger partial charge in [0.2, 0.25) is 0 Å². The summed E-state index contributed by atoms with van der Waals surface area (Å²) in [4.78, 5) is 0. The molecule has 3 aromatic carbocycles. The van der Waals surface area contributed by atoms with Gasteiger partial charge in [0.05, 0.1) is 16.9 Å². The summed E-state index contributed by atoms with van der Waals surface area (Å²) in [5.41, 5.74) is 6.09. The number of nitrogens with zero attached hydrogens (tertiary/aromatic N) is 4. The van der Waals surface area contributed by atoms with Gasteiger partial charge in [0.25, 0.3) is 0 Å². The maximum absolute atomic E-state index is 4.63. The maximum Gasteiger partial charge on any atom is 0.196 e. The number of rotatable bonds is 4. The van der Waals surface area contributed by atoms with Gasteiger partial charge in [-0.1, -0.05) is 78.9 Å². The van der Waals surface area contributed by atoms with Crippen molar-refractivity contribution in [3.8, 4) is 22.5 Å². The van der Waals surface area contributed by atoms with Crippen LogP contribution in [0, 0.1) is 0 Å². The van der Waals surface area contributed by atoms with E-state index in [1.807, 2.05) is 66.7 Å². The third-order valence-electron chi connectivity index (χ3n) is 5.03. The van der Waals surface area contributed by atoms with E-state index < -0.39 is 0 Å². The lowest BCUT2D eigenvalue weighted by atomic mass is 10.1. The highest BCUT2D eigenvalue weighted by atomic mass is 15.2. The van der Waals surface area contributed by atoms with Gasteiger partial charge < -0.3 is 4.57 Å². The molecule has 0 atom stereocenters. The molecule has 0 aliphatic rings. The SMILES string of the molecule is Cn1c(-c2ccccc2)c(N=Nc2cc(-c3ccccc3)[nH]n2)c2ccccc21. The van der Waals surface area contributed by atoms with Crippen LogP contribution in [0.5, 0.6) is 0 Å². The van der Waals surface area contributed by atoms with E-state index in [0.29, 0.717) is 5.82 Å². The van der Waals surface area contributed by atoms with Crippen LogP contribution < -0.4 is 0 Å². The molecule has 2 aromatic heterocycles. The monoisotopic (exact) mass is 377 g/mol. The normalized spacial score (nSPS) is 11.5.